The summed E-state index contributed by atoms with van der Waals surface area (Å²) < 4.78 is 7.74. The Hall–Kier alpha value is -2.37. The van der Waals surface area contributed by atoms with Crippen LogP contribution in [0.25, 0.3) is 22.0 Å². The normalized spacial score (nSPS) is 10.6. The summed E-state index contributed by atoms with van der Waals surface area (Å²) in [5.41, 5.74) is 5.48. The lowest BCUT2D eigenvalue weighted by atomic mass is 10.2. The second-order valence-corrected chi connectivity index (χ2v) is 6.56. The summed E-state index contributed by atoms with van der Waals surface area (Å²) in [6.45, 7) is 4.98. The van der Waals surface area contributed by atoms with Crippen LogP contribution in [0.5, 0.6) is 0 Å². The zero-order valence-electron chi connectivity index (χ0n) is 14.0. The van der Waals surface area contributed by atoms with Gasteiger partial charge in [-0.05, 0) is 44.2 Å². The van der Waals surface area contributed by atoms with Crippen LogP contribution < -0.4 is 0 Å². The third-order valence-electron chi connectivity index (χ3n) is 4.13. The minimum atomic E-state index is 0. The van der Waals surface area contributed by atoms with Gasteiger partial charge in [0.1, 0.15) is 10.8 Å². The van der Waals surface area contributed by atoms with E-state index in [-0.39, 0.29) is 12.4 Å². The maximum absolute atomic E-state index is 5.48. The Morgan fingerprint density at radius 2 is 2.00 bits per heavy atom. The molecule has 0 aliphatic rings. The zero-order chi connectivity index (χ0) is 16.5. The van der Waals surface area contributed by atoms with E-state index >= 15 is 0 Å². The maximum Gasteiger partial charge on any atom is 0.142 e. The number of halogens is 1. The number of aromatic nitrogens is 3. The smallest absolute Gasteiger partial charge is 0.142 e. The Labute approximate surface area is 156 Å². The van der Waals surface area contributed by atoms with Crippen LogP contribution in [0.15, 0.2) is 58.7 Å². The highest BCUT2D eigenvalue weighted by Gasteiger charge is 2.15. The van der Waals surface area contributed by atoms with E-state index < -0.39 is 0 Å². The van der Waals surface area contributed by atoms with Crippen molar-refractivity contribution in [3.8, 4) is 22.0 Å². The lowest BCUT2D eigenvalue weighted by Gasteiger charge is -2.07. The van der Waals surface area contributed by atoms with Crippen LogP contribution in [-0.4, -0.2) is 14.5 Å². The summed E-state index contributed by atoms with van der Waals surface area (Å²) in [4.78, 5) is 9.16. The van der Waals surface area contributed by atoms with Crippen LogP contribution in [0.1, 0.15) is 17.1 Å². The molecule has 25 heavy (non-hydrogen) atoms. The number of furan rings is 1. The van der Waals surface area contributed by atoms with Gasteiger partial charge in [0.05, 0.1) is 24.2 Å². The van der Waals surface area contributed by atoms with E-state index in [9.17, 15) is 0 Å². The molecule has 4 nitrogen and oxygen atoms in total. The van der Waals surface area contributed by atoms with Crippen molar-refractivity contribution in [1.29, 1.82) is 0 Å². The van der Waals surface area contributed by atoms with Gasteiger partial charge in [-0.3, -0.25) is 4.98 Å². The summed E-state index contributed by atoms with van der Waals surface area (Å²) in [6.07, 6.45) is 3.51. The molecule has 6 heteroatoms. The molecule has 128 valence electrons. The second kappa shape index (κ2) is 7.25. The first-order chi connectivity index (χ1) is 11.7. The van der Waals surface area contributed by atoms with Crippen molar-refractivity contribution >= 4 is 23.7 Å². The maximum atomic E-state index is 5.48. The fourth-order valence-corrected chi connectivity index (χ4v) is 3.66. The Bertz CT molecular complexity index is 958. The van der Waals surface area contributed by atoms with E-state index in [0.29, 0.717) is 0 Å². The second-order valence-electron chi connectivity index (χ2n) is 5.70. The van der Waals surface area contributed by atoms with Crippen molar-refractivity contribution in [2.75, 3.05) is 0 Å². The molecule has 0 amide bonds. The fraction of sp³-hybridized carbons (Fsp3) is 0.158. The van der Waals surface area contributed by atoms with Gasteiger partial charge in [0.2, 0.25) is 0 Å². The topological polar surface area (TPSA) is 43.9 Å². The number of aryl methyl sites for hydroxylation is 1. The Morgan fingerprint density at radius 1 is 1.12 bits per heavy atom. The van der Waals surface area contributed by atoms with Gasteiger partial charge in [-0.1, -0.05) is 6.07 Å². The Balaban J connectivity index is 0.00000182. The molecule has 4 aromatic rings. The molecular weight excluding hydrogens is 354 g/mol. The van der Waals surface area contributed by atoms with Gasteiger partial charge in [-0.25, -0.2) is 4.98 Å². The van der Waals surface area contributed by atoms with Crippen LogP contribution in [0.2, 0.25) is 0 Å². The van der Waals surface area contributed by atoms with E-state index in [0.717, 1.165) is 34.3 Å². The van der Waals surface area contributed by atoms with Crippen LogP contribution in [0.3, 0.4) is 0 Å². The van der Waals surface area contributed by atoms with E-state index in [1.54, 1.807) is 23.8 Å². The first kappa shape index (κ1) is 17.5. The molecule has 4 aromatic heterocycles. The number of thiazole rings is 1. The van der Waals surface area contributed by atoms with Crippen LogP contribution >= 0.6 is 23.7 Å². The van der Waals surface area contributed by atoms with Gasteiger partial charge in [-0.2, -0.15) is 0 Å². The van der Waals surface area contributed by atoms with Gasteiger partial charge >= 0.3 is 0 Å². The molecule has 4 rings (SSSR count). The molecule has 0 saturated heterocycles. The molecule has 4 heterocycles. The summed E-state index contributed by atoms with van der Waals surface area (Å²) in [5.74, 6) is 0.954. The van der Waals surface area contributed by atoms with E-state index in [1.165, 1.54) is 11.4 Å². The highest BCUT2D eigenvalue weighted by atomic mass is 35.5. The minimum Gasteiger partial charge on any atom is -0.467 e. The van der Waals surface area contributed by atoms with Crippen LogP contribution in [0, 0.1) is 13.8 Å². The predicted octanol–water partition coefficient (Wildman–Crippen LogP) is 5.35. The quantitative estimate of drug-likeness (QED) is 0.485. The molecule has 0 bridgehead atoms. The average molecular weight is 372 g/mol. The molecular formula is C19H18ClN3OS. The SMILES string of the molecule is Cc1cc(-c2csc(-c3ccccn3)n2)c(C)n1Cc1ccco1.Cl. The number of hydrogen-bond donors (Lipinski definition) is 0. The highest BCUT2D eigenvalue weighted by molar-refractivity contribution is 7.13. The van der Waals surface area contributed by atoms with E-state index in [2.05, 4.69) is 34.8 Å². The molecule has 0 aliphatic carbocycles. The molecule has 0 spiro atoms. The number of nitrogens with zero attached hydrogens (tertiary/aromatic N) is 3. The molecule has 0 radical (unpaired) electrons. The summed E-state index contributed by atoms with van der Waals surface area (Å²) in [5, 5.41) is 3.05. The molecule has 0 saturated carbocycles. The van der Waals surface area contributed by atoms with Gasteiger partial charge in [-0.15, -0.1) is 23.7 Å². The summed E-state index contributed by atoms with van der Waals surface area (Å²) in [7, 11) is 0. The largest absolute Gasteiger partial charge is 0.467 e. The first-order valence-electron chi connectivity index (χ1n) is 7.79. The van der Waals surface area contributed by atoms with Gasteiger partial charge in [0.15, 0.2) is 0 Å². The van der Waals surface area contributed by atoms with E-state index in [4.69, 9.17) is 9.40 Å². The third kappa shape index (κ3) is 3.38. The molecule has 0 atom stereocenters. The van der Waals surface area contributed by atoms with Gasteiger partial charge in [0, 0.05) is 28.5 Å². The number of pyridine rings is 1. The molecule has 0 fully saturated rings. The Kier molecular flexibility index (Phi) is 5.06. The van der Waals surface area contributed by atoms with Crippen molar-refractivity contribution in [3.05, 3.63) is 71.4 Å². The van der Waals surface area contributed by atoms with Gasteiger partial charge in [0.25, 0.3) is 0 Å². The molecule has 0 aromatic carbocycles. The lowest BCUT2D eigenvalue weighted by molar-refractivity contribution is 0.489. The molecule has 0 N–H and O–H groups in total. The third-order valence-corrected chi connectivity index (χ3v) is 5.00. The molecule has 0 aliphatic heterocycles. The zero-order valence-corrected chi connectivity index (χ0v) is 15.6. The fourth-order valence-electron chi connectivity index (χ4n) is 2.87. The average Bonchev–Trinajstić information content (AvgIpc) is 3.33. The molecule has 0 unspecified atom stereocenters. The van der Waals surface area contributed by atoms with Crippen molar-refractivity contribution in [3.63, 3.8) is 0 Å². The van der Waals surface area contributed by atoms with Crippen molar-refractivity contribution in [1.82, 2.24) is 14.5 Å². The first-order valence-corrected chi connectivity index (χ1v) is 8.67. The summed E-state index contributed by atoms with van der Waals surface area (Å²) >= 11 is 1.63. The lowest BCUT2D eigenvalue weighted by Crippen LogP contribution is -2.02. The van der Waals surface area contributed by atoms with Crippen molar-refractivity contribution in [2.24, 2.45) is 0 Å². The van der Waals surface area contributed by atoms with Crippen molar-refractivity contribution < 1.29 is 4.42 Å². The Morgan fingerprint density at radius 3 is 2.72 bits per heavy atom. The predicted molar refractivity (Wildman–Crippen MR) is 103 cm³/mol. The monoisotopic (exact) mass is 371 g/mol. The van der Waals surface area contributed by atoms with Crippen LogP contribution in [-0.2, 0) is 6.54 Å². The highest BCUT2D eigenvalue weighted by Crippen LogP contribution is 2.31. The number of rotatable bonds is 4. The van der Waals surface area contributed by atoms with Crippen molar-refractivity contribution in [2.45, 2.75) is 20.4 Å². The minimum absolute atomic E-state index is 0. The van der Waals surface area contributed by atoms with Crippen LogP contribution in [0.4, 0.5) is 0 Å². The van der Waals surface area contributed by atoms with E-state index in [1.807, 2.05) is 30.3 Å². The standard InChI is InChI=1S/C19H17N3OS.ClH/c1-13-10-16(14(2)22(13)11-15-6-5-9-23-15)18-12-24-19(21-18)17-7-3-4-8-20-17;/h3-10,12H,11H2,1-2H3;1H. The summed E-state index contributed by atoms with van der Waals surface area (Å²) in [6, 6.07) is 12.0. The van der Waals surface area contributed by atoms with Gasteiger partial charge < -0.3 is 8.98 Å². The number of hydrogen-bond acceptors (Lipinski definition) is 4.